The second kappa shape index (κ2) is 6.63. The Morgan fingerprint density at radius 1 is 1.29 bits per heavy atom. The highest BCUT2D eigenvalue weighted by Gasteiger charge is 2.11. The summed E-state index contributed by atoms with van der Waals surface area (Å²) < 4.78 is 3.38. The summed E-state index contributed by atoms with van der Waals surface area (Å²) in [7, 11) is 1.81. The van der Waals surface area contributed by atoms with Gasteiger partial charge in [-0.25, -0.2) is 9.67 Å². The summed E-state index contributed by atoms with van der Waals surface area (Å²) in [4.78, 5) is 15.9. The number of aromatic nitrogens is 5. The highest BCUT2D eigenvalue weighted by atomic mass is 16.3. The summed E-state index contributed by atoms with van der Waals surface area (Å²) in [6.07, 6.45) is 3.47. The second-order valence-corrected chi connectivity index (χ2v) is 5.45. The lowest BCUT2D eigenvalue weighted by atomic mass is 10.2. The van der Waals surface area contributed by atoms with Gasteiger partial charge in [-0.15, -0.1) is 5.10 Å². The summed E-state index contributed by atoms with van der Waals surface area (Å²) in [6.45, 7) is 2.62. The molecule has 0 fully saturated rings. The molecular formula is C16H18N6O2. The zero-order chi connectivity index (χ0) is 17.1. The molecule has 0 saturated carbocycles. The van der Waals surface area contributed by atoms with Gasteiger partial charge in [0.05, 0.1) is 17.6 Å². The van der Waals surface area contributed by atoms with Crippen LogP contribution in [0.1, 0.15) is 17.1 Å². The van der Waals surface area contributed by atoms with Gasteiger partial charge >= 0.3 is 0 Å². The Morgan fingerprint density at radius 2 is 2.12 bits per heavy atom. The quantitative estimate of drug-likeness (QED) is 0.715. The fraction of sp³-hybridized carbons (Fsp3) is 0.250. The van der Waals surface area contributed by atoms with E-state index >= 15 is 0 Å². The molecule has 0 aliphatic carbocycles. The molecule has 0 spiro atoms. The molecule has 24 heavy (non-hydrogen) atoms. The maximum absolute atomic E-state index is 11.7. The van der Waals surface area contributed by atoms with Crippen LogP contribution in [0.3, 0.4) is 0 Å². The van der Waals surface area contributed by atoms with Gasteiger partial charge in [-0.3, -0.25) is 4.79 Å². The van der Waals surface area contributed by atoms with Crippen molar-refractivity contribution in [1.82, 2.24) is 29.9 Å². The van der Waals surface area contributed by atoms with E-state index in [9.17, 15) is 9.90 Å². The van der Waals surface area contributed by atoms with Crippen LogP contribution in [0.4, 0.5) is 0 Å². The number of rotatable bonds is 5. The van der Waals surface area contributed by atoms with Crippen LogP contribution in [-0.4, -0.2) is 29.7 Å². The van der Waals surface area contributed by atoms with Crippen molar-refractivity contribution in [1.29, 1.82) is 0 Å². The van der Waals surface area contributed by atoms with E-state index < -0.39 is 0 Å². The first kappa shape index (κ1) is 15.9. The van der Waals surface area contributed by atoms with Crippen LogP contribution in [0.5, 0.6) is 5.75 Å². The number of nitrogens with zero attached hydrogens (tertiary/aromatic N) is 5. The van der Waals surface area contributed by atoms with E-state index in [1.54, 1.807) is 21.6 Å². The van der Waals surface area contributed by atoms with Gasteiger partial charge in [0, 0.05) is 38.1 Å². The van der Waals surface area contributed by atoms with Crippen molar-refractivity contribution in [3.63, 3.8) is 0 Å². The van der Waals surface area contributed by atoms with E-state index in [2.05, 4.69) is 20.6 Å². The zero-order valence-electron chi connectivity index (χ0n) is 13.5. The van der Waals surface area contributed by atoms with Crippen LogP contribution in [-0.2, 0) is 20.1 Å². The molecule has 0 radical (unpaired) electrons. The molecule has 0 aromatic carbocycles. The van der Waals surface area contributed by atoms with Crippen molar-refractivity contribution >= 4 is 0 Å². The predicted molar refractivity (Wildman–Crippen MR) is 87.8 cm³/mol. The molecule has 0 bridgehead atoms. The van der Waals surface area contributed by atoms with Crippen LogP contribution in [0.15, 0.2) is 41.5 Å². The summed E-state index contributed by atoms with van der Waals surface area (Å²) in [6, 6.07) is 6.97. The van der Waals surface area contributed by atoms with Crippen LogP contribution in [0.25, 0.3) is 5.82 Å². The van der Waals surface area contributed by atoms with Crippen molar-refractivity contribution in [2.45, 2.75) is 20.0 Å². The van der Waals surface area contributed by atoms with Crippen LogP contribution < -0.4 is 10.7 Å². The minimum atomic E-state index is -0.372. The third kappa shape index (κ3) is 3.18. The minimum absolute atomic E-state index is 0.229. The van der Waals surface area contributed by atoms with Crippen LogP contribution >= 0.6 is 0 Å². The van der Waals surface area contributed by atoms with E-state index in [-0.39, 0.29) is 11.2 Å². The predicted octanol–water partition coefficient (Wildman–Crippen LogP) is 0.665. The lowest BCUT2D eigenvalue weighted by molar-refractivity contribution is 0.445. The molecule has 0 amide bonds. The first-order valence-electron chi connectivity index (χ1n) is 7.48. The van der Waals surface area contributed by atoms with E-state index in [0.29, 0.717) is 24.6 Å². The molecular weight excluding hydrogens is 308 g/mol. The maximum atomic E-state index is 11.7. The highest BCUT2D eigenvalue weighted by molar-refractivity contribution is 5.29. The Bertz CT molecular complexity index is 901. The lowest BCUT2D eigenvalue weighted by Crippen LogP contribution is -2.20. The van der Waals surface area contributed by atoms with Crippen molar-refractivity contribution in [2.75, 3.05) is 0 Å². The molecule has 3 rings (SSSR count). The van der Waals surface area contributed by atoms with Crippen LogP contribution in [0.2, 0.25) is 0 Å². The van der Waals surface area contributed by atoms with Crippen molar-refractivity contribution in [3.8, 4) is 11.6 Å². The van der Waals surface area contributed by atoms with Gasteiger partial charge in [-0.1, -0.05) is 11.3 Å². The summed E-state index contributed by atoms with van der Waals surface area (Å²) in [5.41, 5.74) is 1.69. The van der Waals surface area contributed by atoms with E-state index in [0.717, 1.165) is 11.4 Å². The Hall–Kier alpha value is -3.00. The number of aryl methyl sites for hydroxylation is 1. The van der Waals surface area contributed by atoms with Gasteiger partial charge in [0.2, 0.25) is 5.43 Å². The average molecular weight is 326 g/mol. The first-order valence-corrected chi connectivity index (χ1v) is 7.48. The Balaban J connectivity index is 1.68. The molecule has 0 unspecified atom stereocenters. The van der Waals surface area contributed by atoms with Gasteiger partial charge in [0.15, 0.2) is 11.6 Å². The topological polar surface area (TPSA) is 97.9 Å². The van der Waals surface area contributed by atoms with Crippen molar-refractivity contribution < 1.29 is 5.11 Å². The smallest absolute Gasteiger partial charge is 0.223 e. The molecule has 0 aliphatic rings. The van der Waals surface area contributed by atoms with E-state index in [1.165, 1.54) is 6.07 Å². The number of hydrogen-bond donors (Lipinski definition) is 2. The van der Waals surface area contributed by atoms with Crippen LogP contribution in [0, 0.1) is 6.92 Å². The third-order valence-electron chi connectivity index (χ3n) is 3.80. The molecule has 8 nitrogen and oxygen atoms in total. The lowest BCUT2D eigenvalue weighted by Gasteiger charge is -2.13. The zero-order valence-corrected chi connectivity index (χ0v) is 13.5. The summed E-state index contributed by atoms with van der Waals surface area (Å²) in [5.74, 6) is 0.461. The SMILES string of the molecule is Cc1cc(=O)c(O)c(CNCc2cn(-c3ccccn3)nn2)n1C. The molecule has 3 aromatic rings. The highest BCUT2D eigenvalue weighted by Crippen LogP contribution is 2.12. The van der Waals surface area contributed by atoms with Gasteiger partial charge in [0.25, 0.3) is 0 Å². The molecule has 2 N–H and O–H groups in total. The number of pyridine rings is 2. The Labute approximate surface area is 138 Å². The molecule has 124 valence electrons. The molecule has 0 atom stereocenters. The number of nitrogens with one attached hydrogen (secondary N) is 1. The third-order valence-corrected chi connectivity index (χ3v) is 3.80. The molecule has 3 aromatic heterocycles. The average Bonchev–Trinajstić information content (AvgIpc) is 3.06. The fourth-order valence-corrected chi connectivity index (χ4v) is 2.36. The Kier molecular flexibility index (Phi) is 4.39. The Morgan fingerprint density at radius 3 is 2.88 bits per heavy atom. The molecule has 0 saturated heterocycles. The van der Waals surface area contributed by atoms with Gasteiger partial charge in [-0.2, -0.15) is 0 Å². The molecule has 0 aliphatic heterocycles. The summed E-state index contributed by atoms with van der Waals surface area (Å²) in [5, 5.41) is 21.2. The van der Waals surface area contributed by atoms with Gasteiger partial charge in [-0.05, 0) is 19.1 Å². The standard InChI is InChI=1S/C16H18N6O2/c1-11-7-14(23)16(24)13(21(11)2)9-17-8-12-10-22(20-19-12)15-5-3-4-6-18-15/h3-7,10,17,24H,8-9H2,1-2H3. The fourth-order valence-electron chi connectivity index (χ4n) is 2.36. The van der Waals surface area contributed by atoms with Crippen molar-refractivity contribution in [3.05, 3.63) is 64.0 Å². The van der Waals surface area contributed by atoms with E-state index in [1.807, 2.05) is 32.2 Å². The van der Waals surface area contributed by atoms with Crippen molar-refractivity contribution in [2.24, 2.45) is 7.05 Å². The normalized spacial score (nSPS) is 10.9. The first-order chi connectivity index (χ1) is 11.6. The monoisotopic (exact) mass is 326 g/mol. The maximum Gasteiger partial charge on any atom is 0.223 e. The second-order valence-electron chi connectivity index (χ2n) is 5.45. The summed E-state index contributed by atoms with van der Waals surface area (Å²) >= 11 is 0. The van der Waals surface area contributed by atoms with E-state index in [4.69, 9.17) is 0 Å². The van der Waals surface area contributed by atoms with Gasteiger partial charge < -0.3 is 15.0 Å². The minimum Gasteiger partial charge on any atom is -0.503 e. The number of hydrogen-bond acceptors (Lipinski definition) is 6. The van der Waals surface area contributed by atoms with Gasteiger partial charge in [0.1, 0.15) is 0 Å². The largest absolute Gasteiger partial charge is 0.503 e. The molecule has 3 heterocycles. The molecule has 8 heteroatoms. The number of aromatic hydroxyl groups is 1.